The van der Waals surface area contributed by atoms with Crippen molar-refractivity contribution < 1.29 is 14.7 Å². The van der Waals surface area contributed by atoms with E-state index in [1.807, 2.05) is 6.92 Å². The Hall–Kier alpha value is -1.10. The molecular weight excluding hydrogens is 196 g/mol. The van der Waals surface area contributed by atoms with E-state index in [9.17, 15) is 9.59 Å². The van der Waals surface area contributed by atoms with E-state index in [0.29, 0.717) is 6.42 Å². The number of carboxylic acids is 1. The highest BCUT2D eigenvalue weighted by Crippen LogP contribution is 2.13. The molecule has 0 aliphatic carbocycles. The molecule has 15 heavy (non-hydrogen) atoms. The molecule has 0 aliphatic heterocycles. The summed E-state index contributed by atoms with van der Waals surface area (Å²) in [7, 11) is 0. The maximum atomic E-state index is 11.4. The molecule has 0 aliphatic rings. The lowest BCUT2D eigenvalue weighted by Gasteiger charge is -2.20. The van der Waals surface area contributed by atoms with Gasteiger partial charge in [0.1, 0.15) is 0 Å². The molecule has 0 fully saturated rings. The van der Waals surface area contributed by atoms with Crippen molar-refractivity contribution in [3.63, 3.8) is 0 Å². The molecule has 0 aromatic rings. The molecular formula is C10H20N2O3. The summed E-state index contributed by atoms with van der Waals surface area (Å²) in [4.78, 5) is 22.1. The number of nitrogens with two attached hydrogens (primary N) is 1. The zero-order chi connectivity index (χ0) is 12.1. The molecule has 4 N–H and O–H groups in total. The van der Waals surface area contributed by atoms with Gasteiger partial charge < -0.3 is 16.2 Å². The van der Waals surface area contributed by atoms with Gasteiger partial charge in [-0.2, -0.15) is 0 Å². The average molecular weight is 216 g/mol. The zero-order valence-electron chi connectivity index (χ0n) is 9.54. The predicted molar refractivity (Wildman–Crippen MR) is 57.3 cm³/mol. The summed E-state index contributed by atoms with van der Waals surface area (Å²) in [5, 5.41) is 11.4. The van der Waals surface area contributed by atoms with Crippen LogP contribution in [0.2, 0.25) is 0 Å². The van der Waals surface area contributed by atoms with E-state index in [1.165, 1.54) is 0 Å². The second-order valence-electron chi connectivity index (χ2n) is 4.30. The molecule has 0 saturated heterocycles. The number of nitrogens with one attached hydrogen (secondary N) is 1. The highest BCUT2D eigenvalue weighted by Gasteiger charge is 2.28. The van der Waals surface area contributed by atoms with Gasteiger partial charge in [-0.3, -0.25) is 9.59 Å². The van der Waals surface area contributed by atoms with E-state index in [1.54, 1.807) is 13.8 Å². The Morgan fingerprint density at radius 2 is 2.00 bits per heavy atom. The van der Waals surface area contributed by atoms with E-state index in [2.05, 4.69) is 5.32 Å². The fourth-order valence-electron chi connectivity index (χ4n) is 0.957. The van der Waals surface area contributed by atoms with E-state index >= 15 is 0 Å². The molecule has 88 valence electrons. The van der Waals surface area contributed by atoms with Crippen molar-refractivity contribution in [2.45, 2.75) is 39.7 Å². The van der Waals surface area contributed by atoms with E-state index in [4.69, 9.17) is 10.8 Å². The Kier molecular flexibility index (Phi) is 5.28. The number of carbonyl (C=O) groups is 2. The minimum atomic E-state index is -0.957. The Labute approximate surface area is 90.0 Å². The summed E-state index contributed by atoms with van der Waals surface area (Å²) in [5.74, 6) is -1.22. The van der Waals surface area contributed by atoms with Crippen LogP contribution < -0.4 is 11.1 Å². The summed E-state index contributed by atoms with van der Waals surface area (Å²) in [6, 6.07) is -0.542. The summed E-state index contributed by atoms with van der Waals surface area (Å²) in [5.41, 5.74) is 4.62. The second-order valence-corrected chi connectivity index (χ2v) is 4.30. The van der Waals surface area contributed by atoms with Gasteiger partial charge in [0.2, 0.25) is 5.91 Å². The highest BCUT2D eigenvalue weighted by atomic mass is 16.4. The number of amides is 1. The van der Waals surface area contributed by atoms with Gasteiger partial charge in [0.05, 0.1) is 11.5 Å². The predicted octanol–water partition coefficient (Wildman–Crippen LogP) is 0.341. The molecule has 0 unspecified atom stereocenters. The minimum absolute atomic E-state index is 0.0958. The van der Waals surface area contributed by atoms with Gasteiger partial charge in [0, 0.05) is 6.54 Å². The smallest absolute Gasteiger partial charge is 0.310 e. The Balaban J connectivity index is 4.05. The van der Waals surface area contributed by atoms with Crippen molar-refractivity contribution in [1.29, 1.82) is 0 Å². The third-order valence-corrected chi connectivity index (χ3v) is 2.22. The summed E-state index contributed by atoms with van der Waals surface area (Å²) >= 11 is 0. The molecule has 0 spiro atoms. The maximum absolute atomic E-state index is 11.4. The van der Waals surface area contributed by atoms with Crippen LogP contribution >= 0.6 is 0 Å². The molecule has 0 saturated carbocycles. The number of rotatable bonds is 6. The van der Waals surface area contributed by atoms with Crippen LogP contribution in [0.3, 0.4) is 0 Å². The molecule has 0 aromatic heterocycles. The minimum Gasteiger partial charge on any atom is -0.481 e. The fourth-order valence-corrected chi connectivity index (χ4v) is 0.957. The second kappa shape index (κ2) is 5.70. The lowest BCUT2D eigenvalue weighted by Crippen LogP contribution is -2.45. The van der Waals surface area contributed by atoms with Crippen LogP contribution in [-0.2, 0) is 9.59 Å². The van der Waals surface area contributed by atoms with Crippen LogP contribution in [0.15, 0.2) is 0 Å². The number of hydrogen-bond donors (Lipinski definition) is 3. The van der Waals surface area contributed by atoms with Crippen molar-refractivity contribution in [2.75, 3.05) is 6.54 Å². The summed E-state index contributed by atoms with van der Waals surface area (Å²) in [6.45, 7) is 5.15. The van der Waals surface area contributed by atoms with Gasteiger partial charge in [-0.1, -0.05) is 13.3 Å². The summed E-state index contributed by atoms with van der Waals surface area (Å²) in [6.07, 6.45) is 1.44. The van der Waals surface area contributed by atoms with Gasteiger partial charge in [0.25, 0.3) is 0 Å². The van der Waals surface area contributed by atoms with Crippen molar-refractivity contribution in [2.24, 2.45) is 11.1 Å². The van der Waals surface area contributed by atoms with Crippen molar-refractivity contribution in [1.82, 2.24) is 5.32 Å². The summed E-state index contributed by atoms with van der Waals surface area (Å²) < 4.78 is 0. The molecule has 0 radical (unpaired) electrons. The Morgan fingerprint density at radius 3 is 2.40 bits per heavy atom. The van der Waals surface area contributed by atoms with Gasteiger partial charge in [-0.15, -0.1) is 0 Å². The first-order chi connectivity index (χ1) is 6.81. The number of carbonyl (C=O) groups excluding carboxylic acids is 1. The zero-order valence-corrected chi connectivity index (χ0v) is 9.54. The molecule has 0 rings (SSSR count). The fraction of sp³-hybridized carbons (Fsp3) is 0.800. The highest BCUT2D eigenvalue weighted by molar-refractivity contribution is 5.82. The van der Waals surface area contributed by atoms with Crippen molar-refractivity contribution in [3.05, 3.63) is 0 Å². The molecule has 5 nitrogen and oxygen atoms in total. The van der Waals surface area contributed by atoms with Crippen LogP contribution in [-0.4, -0.2) is 29.6 Å². The molecule has 5 heteroatoms. The van der Waals surface area contributed by atoms with Crippen LogP contribution in [0.1, 0.15) is 33.6 Å². The number of hydrogen-bond acceptors (Lipinski definition) is 3. The van der Waals surface area contributed by atoms with Crippen LogP contribution in [0, 0.1) is 5.41 Å². The third kappa shape index (κ3) is 4.78. The largest absolute Gasteiger partial charge is 0.481 e. The lowest BCUT2D eigenvalue weighted by molar-refractivity contribution is -0.146. The van der Waals surface area contributed by atoms with Gasteiger partial charge in [0.15, 0.2) is 0 Å². The lowest BCUT2D eigenvalue weighted by atomic mass is 9.94. The van der Waals surface area contributed by atoms with Crippen LogP contribution in [0.25, 0.3) is 0 Å². The molecule has 0 heterocycles. The SMILES string of the molecule is CCC[C@@H](N)C(=O)NCC(C)(C)C(=O)O. The third-order valence-electron chi connectivity index (χ3n) is 2.22. The first-order valence-electron chi connectivity index (χ1n) is 5.08. The monoisotopic (exact) mass is 216 g/mol. The van der Waals surface area contributed by atoms with E-state index in [0.717, 1.165) is 6.42 Å². The standard InChI is InChI=1S/C10H20N2O3/c1-4-5-7(11)8(13)12-6-10(2,3)9(14)15/h7H,4-6,11H2,1-3H3,(H,12,13)(H,14,15)/t7-/m1/s1. The molecule has 1 amide bonds. The molecule has 0 aromatic carbocycles. The normalized spacial score (nSPS) is 13.3. The number of aliphatic carboxylic acids is 1. The van der Waals surface area contributed by atoms with Gasteiger partial charge in [-0.05, 0) is 20.3 Å². The molecule has 1 atom stereocenters. The Bertz CT molecular complexity index is 239. The van der Waals surface area contributed by atoms with Crippen molar-refractivity contribution >= 4 is 11.9 Å². The average Bonchev–Trinajstić information content (AvgIpc) is 2.14. The topological polar surface area (TPSA) is 92.4 Å². The first-order valence-corrected chi connectivity index (χ1v) is 5.08. The van der Waals surface area contributed by atoms with Gasteiger partial charge >= 0.3 is 5.97 Å². The quantitative estimate of drug-likeness (QED) is 0.597. The van der Waals surface area contributed by atoms with Crippen LogP contribution in [0.4, 0.5) is 0 Å². The number of carboxylic acid groups (broad SMARTS) is 1. The van der Waals surface area contributed by atoms with E-state index in [-0.39, 0.29) is 12.5 Å². The molecule has 0 bridgehead atoms. The maximum Gasteiger partial charge on any atom is 0.310 e. The first kappa shape index (κ1) is 13.9. The van der Waals surface area contributed by atoms with Crippen molar-refractivity contribution in [3.8, 4) is 0 Å². The van der Waals surface area contributed by atoms with Gasteiger partial charge in [-0.25, -0.2) is 0 Å². The Morgan fingerprint density at radius 1 is 1.47 bits per heavy atom. The van der Waals surface area contributed by atoms with E-state index < -0.39 is 17.4 Å². The van der Waals surface area contributed by atoms with Crippen LogP contribution in [0.5, 0.6) is 0 Å².